The zero-order valence-electron chi connectivity index (χ0n) is 11.5. The minimum absolute atomic E-state index is 0.300. The first-order valence-corrected chi connectivity index (χ1v) is 6.92. The Kier molecular flexibility index (Phi) is 3.75. The second kappa shape index (κ2) is 5.69. The molecule has 2 heterocycles. The van der Waals surface area contributed by atoms with Crippen LogP contribution < -0.4 is 0 Å². The van der Waals surface area contributed by atoms with Crippen LogP contribution in [0.5, 0.6) is 0 Å². The minimum atomic E-state index is -0.746. The van der Waals surface area contributed by atoms with Gasteiger partial charge in [-0.15, -0.1) is 0 Å². The number of likely N-dealkylation sites (tertiary alicyclic amines) is 1. The van der Waals surface area contributed by atoms with Crippen molar-refractivity contribution in [2.75, 3.05) is 13.1 Å². The molecule has 1 atom stereocenters. The number of aliphatic carboxylic acids is 1. The molecule has 0 saturated carbocycles. The molecule has 110 valence electrons. The van der Waals surface area contributed by atoms with E-state index in [1.165, 1.54) is 6.07 Å². The summed E-state index contributed by atoms with van der Waals surface area (Å²) in [5.74, 6) is -0.142. The molecule has 1 N–H and O–H groups in total. The van der Waals surface area contributed by atoms with E-state index < -0.39 is 5.97 Å². The highest BCUT2D eigenvalue weighted by Crippen LogP contribution is 2.26. The average Bonchev–Trinajstić information content (AvgIpc) is 3.09. The molecule has 1 unspecified atom stereocenters. The quantitative estimate of drug-likeness (QED) is 0.940. The Balaban J connectivity index is 1.69. The van der Waals surface area contributed by atoms with Crippen molar-refractivity contribution >= 4 is 5.97 Å². The molecule has 0 bridgehead atoms. The number of carboxylic acid groups (broad SMARTS) is 1. The number of furan rings is 1. The zero-order valence-corrected chi connectivity index (χ0v) is 11.5. The van der Waals surface area contributed by atoms with E-state index in [1.54, 1.807) is 24.3 Å². The van der Waals surface area contributed by atoms with Crippen LogP contribution in [0, 0.1) is 11.7 Å². The monoisotopic (exact) mass is 289 g/mol. The fourth-order valence-corrected chi connectivity index (χ4v) is 2.67. The van der Waals surface area contributed by atoms with E-state index in [4.69, 9.17) is 9.52 Å². The number of halogens is 1. The Bertz CT molecular complexity index is 652. The van der Waals surface area contributed by atoms with Crippen molar-refractivity contribution in [3.8, 4) is 11.3 Å². The highest BCUT2D eigenvalue weighted by molar-refractivity contribution is 5.70. The van der Waals surface area contributed by atoms with Gasteiger partial charge < -0.3 is 9.52 Å². The lowest BCUT2D eigenvalue weighted by atomic mass is 10.1. The molecule has 1 aromatic heterocycles. The number of hydrogen-bond acceptors (Lipinski definition) is 3. The third kappa shape index (κ3) is 2.97. The summed E-state index contributed by atoms with van der Waals surface area (Å²) in [5.41, 5.74) is 0.439. The van der Waals surface area contributed by atoms with E-state index in [9.17, 15) is 9.18 Å². The minimum Gasteiger partial charge on any atom is -0.481 e. The fourth-order valence-electron chi connectivity index (χ4n) is 2.67. The number of carboxylic acids is 1. The fraction of sp³-hybridized carbons (Fsp3) is 0.312. The molecule has 1 aromatic carbocycles. The van der Waals surface area contributed by atoms with Gasteiger partial charge in [-0.05, 0) is 37.2 Å². The average molecular weight is 289 g/mol. The first-order chi connectivity index (χ1) is 10.1. The van der Waals surface area contributed by atoms with Gasteiger partial charge in [0.15, 0.2) is 0 Å². The third-order valence-corrected chi connectivity index (χ3v) is 3.80. The van der Waals surface area contributed by atoms with Crippen LogP contribution in [-0.2, 0) is 11.3 Å². The molecule has 1 aliphatic rings. The lowest BCUT2D eigenvalue weighted by molar-refractivity contribution is -0.141. The number of benzene rings is 1. The van der Waals surface area contributed by atoms with Crippen LogP contribution in [0.4, 0.5) is 4.39 Å². The summed E-state index contributed by atoms with van der Waals surface area (Å²) in [4.78, 5) is 13.0. The molecule has 1 saturated heterocycles. The van der Waals surface area contributed by atoms with Gasteiger partial charge in [-0.3, -0.25) is 9.69 Å². The van der Waals surface area contributed by atoms with Crippen molar-refractivity contribution in [3.63, 3.8) is 0 Å². The summed E-state index contributed by atoms with van der Waals surface area (Å²) >= 11 is 0. The highest BCUT2D eigenvalue weighted by atomic mass is 19.1. The molecular weight excluding hydrogens is 273 g/mol. The van der Waals surface area contributed by atoms with Crippen molar-refractivity contribution in [3.05, 3.63) is 48.0 Å². The van der Waals surface area contributed by atoms with E-state index in [0.29, 0.717) is 30.8 Å². The molecule has 1 fully saturated rings. The number of carbonyl (C=O) groups is 1. The SMILES string of the molecule is O=C(O)C1CCN(Cc2ccc(-c3ccccc3F)o2)C1. The van der Waals surface area contributed by atoms with Crippen LogP contribution in [0.1, 0.15) is 12.2 Å². The summed E-state index contributed by atoms with van der Waals surface area (Å²) in [5, 5.41) is 8.99. The van der Waals surface area contributed by atoms with Gasteiger partial charge in [0.05, 0.1) is 18.0 Å². The van der Waals surface area contributed by atoms with Crippen molar-refractivity contribution in [1.82, 2.24) is 4.90 Å². The summed E-state index contributed by atoms with van der Waals surface area (Å²) in [7, 11) is 0. The molecule has 4 nitrogen and oxygen atoms in total. The number of rotatable bonds is 4. The van der Waals surface area contributed by atoms with Crippen molar-refractivity contribution in [1.29, 1.82) is 0 Å². The van der Waals surface area contributed by atoms with Gasteiger partial charge in [0.1, 0.15) is 17.3 Å². The van der Waals surface area contributed by atoms with Gasteiger partial charge >= 0.3 is 5.97 Å². The Morgan fingerprint density at radius 2 is 2.14 bits per heavy atom. The lowest BCUT2D eigenvalue weighted by Crippen LogP contribution is -2.22. The maximum Gasteiger partial charge on any atom is 0.307 e. The van der Waals surface area contributed by atoms with Gasteiger partial charge in [0, 0.05) is 6.54 Å². The molecule has 0 spiro atoms. The van der Waals surface area contributed by atoms with Crippen molar-refractivity contribution in [2.45, 2.75) is 13.0 Å². The maximum absolute atomic E-state index is 13.7. The van der Waals surface area contributed by atoms with Crippen LogP contribution in [0.25, 0.3) is 11.3 Å². The van der Waals surface area contributed by atoms with Gasteiger partial charge in [-0.25, -0.2) is 4.39 Å². The summed E-state index contributed by atoms with van der Waals surface area (Å²) in [6.07, 6.45) is 0.663. The Hall–Kier alpha value is -2.14. The van der Waals surface area contributed by atoms with Crippen LogP contribution in [0.15, 0.2) is 40.8 Å². The predicted octanol–water partition coefficient (Wildman–Crippen LogP) is 2.99. The first-order valence-electron chi connectivity index (χ1n) is 6.92. The highest BCUT2D eigenvalue weighted by Gasteiger charge is 2.28. The molecule has 5 heteroatoms. The molecule has 0 amide bonds. The van der Waals surface area contributed by atoms with E-state index in [1.807, 2.05) is 11.0 Å². The van der Waals surface area contributed by atoms with Crippen LogP contribution >= 0.6 is 0 Å². The number of hydrogen-bond donors (Lipinski definition) is 1. The molecule has 0 aliphatic carbocycles. The summed E-state index contributed by atoms with van der Waals surface area (Å²) in [6, 6.07) is 10.0. The lowest BCUT2D eigenvalue weighted by Gasteiger charge is -2.12. The standard InChI is InChI=1S/C16H16FNO3/c17-14-4-2-1-3-13(14)15-6-5-12(21-15)10-18-8-7-11(9-18)16(19)20/h1-6,11H,7-10H2,(H,19,20). The van der Waals surface area contributed by atoms with E-state index in [0.717, 1.165) is 12.3 Å². The second-order valence-corrected chi connectivity index (χ2v) is 5.30. The first kappa shape index (κ1) is 13.8. The molecule has 0 radical (unpaired) electrons. The van der Waals surface area contributed by atoms with Crippen LogP contribution in [-0.4, -0.2) is 29.1 Å². The number of nitrogens with zero attached hydrogens (tertiary/aromatic N) is 1. The molecule has 21 heavy (non-hydrogen) atoms. The van der Waals surface area contributed by atoms with Crippen molar-refractivity contribution in [2.24, 2.45) is 5.92 Å². The topological polar surface area (TPSA) is 53.7 Å². The predicted molar refractivity (Wildman–Crippen MR) is 75.1 cm³/mol. The summed E-state index contributed by atoms with van der Waals surface area (Å²) in [6.45, 7) is 1.83. The third-order valence-electron chi connectivity index (χ3n) is 3.80. The smallest absolute Gasteiger partial charge is 0.307 e. The van der Waals surface area contributed by atoms with Gasteiger partial charge in [0.2, 0.25) is 0 Å². The van der Waals surface area contributed by atoms with Gasteiger partial charge in [-0.1, -0.05) is 12.1 Å². The Labute approximate surface area is 121 Å². The Morgan fingerprint density at radius 3 is 2.86 bits per heavy atom. The molecule has 3 rings (SSSR count). The van der Waals surface area contributed by atoms with Gasteiger partial charge in [-0.2, -0.15) is 0 Å². The van der Waals surface area contributed by atoms with E-state index in [2.05, 4.69) is 0 Å². The van der Waals surface area contributed by atoms with Gasteiger partial charge in [0.25, 0.3) is 0 Å². The van der Waals surface area contributed by atoms with Crippen molar-refractivity contribution < 1.29 is 18.7 Å². The van der Waals surface area contributed by atoms with E-state index in [-0.39, 0.29) is 11.7 Å². The Morgan fingerprint density at radius 1 is 1.33 bits per heavy atom. The van der Waals surface area contributed by atoms with E-state index >= 15 is 0 Å². The maximum atomic E-state index is 13.7. The molecule has 2 aromatic rings. The summed E-state index contributed by atoms with van der Waals surface area (Å²) < 4.78 is 19.4. The van der Waals surface area contributed by atoms with Crippen LogP contribution in [0.2, 0.25) is 0 Å². The second-order valence-electron chi connectivity index (χ2n) is 5.30. The normalized spacial score (nSPS) is 19.0. The molecule has 1 aliphatic heterocycles. The largest absolute Gasteiger partial charge is 0.481 e. The zero-order chi connectivity index (χ0) is 14.8. The van der Waals surface area contributed by atoms with Crippen LogP contribution in [0.3, 0.4) is 0 Å². The molecular formula is C16H16FNO3.